The van der Waals surface area contributed by atoms with E-state index in [4.69, 9.17) is 0 Å². The van der Waals surface area contributed by atoms with E-state index < -0.39 is 0 Å². The van der Waals surface area contributed by atoms with Gasteiger partial charge in [0, 0.05) is 11.1 Å². The third-order valence-electron chi connectivity index (χ3n) is 4.87. The minimum absolute atomic E-state index is 0.150. The number of aliphatic hydroxyl groups excluding tert-OH is 1. The quantitative estimate of drug-likeness (QED) is 0.836. The highest BCUT2D eigenvalue weighted by atomic mass is 16.3. The van der Waals surface area contributed by atoms with Crippen LogP contribution in [0.15, 0.2) is 30.3 Å². The lowest BCUT2D eigenvalue weighted by molar-refractivity contribution is -0.944. The van der Waals surface area contributed by atoms with Crippen molar-refractivity contribution in [2.24, 2.45) is 0 Å². The first-order chi connectivity index (χ1) is 9.23. The molecule has 100 valence electrons. The second kappa shape index (κ2) is 4.62. The second-order valence-corrected chi connectivity index (χ2v) is 5.66. The van der Waals surface area contributed by atoms with Gasteiger partial charge in [0.05, 0.1) is 19.7 Å². The van der Waals surface area contributed by atoms with Crippen molar-refractivity contribution in [3.8, 4) is 0 Å². The van der Waals surface area contributed by atoms with Crippen LogP contribution in [0.4, 0.5) is 0 Å². The van der Waals surface area contributed by atoms with Gasteiger partial charge in [-0.2, -0.15) is 0 Å². The molecule has 3 rings (SSSR count). The zero-order valence-corrected chi connectivity index (χ0v) is 11.8. The fraction of sp³-hybridized carbons (Fsp3) is 0.412. The molecular formula is C17H22NO+. The standard InChI is InChI=1S/C17H22NO/c1-3-18(4-2)10-14-9-13-7-5-6-8-15(13)17(12-19)16(14)11-18/h5-9,19H,3-4,10-12H2,1-2H3/q+1. The fourth-order valence-corrected chi connectivity index (χ4v) is 3.47. The van der Waals surface area contributed by atoms with Gasteiger partial charge in [-0.3, -0.25) is 0 Å². The van der Waals surface area contributed by atoms with Crippen LogP contribution in [0.25, 0.3) is 10.8 Å². The molecule has 2 heteroatoms. The normalized spacial score (nSPS) is 16.8. The molecule has 0 unspecified atom stereocenters. The van der Waals surface area contributed by atoms with Gasteiger partial charge in [-0.05, 0) is 36.2 Å². The van der Waals surface area contributed by atoms with Crippen molar-refractivity contribution in [2.75, 3.05) is 13.1 Å². The molecule has 2 aromatic rings. The van der Waals surface area contributed by atoms with Crippen LogP contribution < -0.4 is 0 Å². The molecule has 0 radical (unpaired) electrons. The molecule has 0 bridgehead atoms. The van der Waals surface area contributed by atoms with Crippen molar-refractivity contribution in [3.63, 3.8) is 0 Å². The van der Waals surface area contributed by atoms with Crippen LogP contribution in [-0.2, 0) is 19.7 Å². The lowest BCUT2D eigenvalue weighted by Gasteiger charge is -2.31. The summed E-state index contributed by atoms with van der Waals surface area (Å²) >= 11 is 0. The number of rotatable bonds is 3. The molecule has 0 spiro atoms. The molecule has 2 aromatic carbocycles. The summed E-state index contributed by atoms with van der Waals surface area (Å²) in [4.78, 5) is 0. The number of hydrogen-bond acceptors (Lipinski definition) is 1. The summed E-state index contributed by atoms with van der Waals surface area (Å²) in [5.74, 6) is 0. The number of aliphatic hydroxyl groups is 1. The molecule has 0 aromatic heterocycles. The van der Waals surface area contributed by atoms with Crippen LogP contribution in [0.3, 0.4) is 0 Å². The molecule has 0 amide bonds. The Labute approximate surface area is 114 Å². The zero-order valence-electron chi connectivity index (χ0n) is 11.8. The van der Waals surface area contributed by atoms with E-state index in [1.807, 2.05) is 0 Å². The monoisotopic (exact) mass is 256 g/mol. The Kier molecular flexibility index (Phi) is 3.08. The maximum atomic E-state index is 9.81. The van der Waals surface area contributed by atoms with E-state index in [-0.39, 0.29) is 6.61 Å². The van der Waals surface area contributed by atoms with E-state index in [0.29, 0.717) is 0 Å². The van der Waals surface area contributed by atoms with Crippen molar-refractivity contribution in [1.29, 1.82) is 0 Å². The summed E-state index contributed by atoms with van der Waals surface area (Å²) in [5, 5.41) is 12.3. The smallest absolute Gasteiger partial charge is 0.105 e. The zero-order chi connectivity index (χ0) is 13.5. The molecule has 0 aliphatic carbocycles. The van der Waals surface area contributed by atoms with Crippen molar-refractivity contribution in [2.45, 2.75) is 33.5 Å². The van der Waals surface area contributed by atoms with Gasteiger partial charge in [-0.1, -0.05) is 24.3 Å². The molecule has 0 atom stereocenters. The van der Waals surface area contributed by atoms with Crippen LogP contribution in [0, 0.1) is 0 Å². The SMILES string of the molecule is CC[N+]1(CC)Cc2cc3ccccc3c(CO)c2C1. The van der Waals surface area contributed by atoms with Gasteiger partial charge < -0.3 is 9.59 Å². The molecular weight excluding hydrogens is 234 g/mol. The molecule has 0 fully saturated rings. The number of benzene rings is 2. The van der Waals surface area contributed by atoms with Crippen LogP contribution >= 0.6 is 0 Å². The van der Waals surface area contributed by atoms with E-state index >= 15 is 0 Å². The van der Waals surface area contributed by atoms with E-state index in [9.17, 15) is 5.11 Å². The van der Waals surface area contributed by atoms with Crippen molar-refractivity contribution in [3.05, 3.63) is 47.0 Å². The van der Waals surface area contributed by atoms with Gasteiger partial charge in [0.25, 0.3) is 0 Å². The van der Waals surface area contributed by atoms with Crippen molar-refractivity contribution in [1.82, 2.24) is 0 Å². The Morgan fingerprint density at radius 2 is 1.84 bits per heavy atom. The Bertz CT molecular complexity index is 614. The average Bonchev–Trinajstić information content (AvgIpc) is 2.83. The van der Waals surface area contributed by atoms with Crippen LogP contribution in [0.2, 0.25) is 0 Å². The van der Waals surface area contributed by atoms with Crippen LogP contribution in [0.1, 0.15) is 30.5 Å². The molecule has 0 saturated heterocycles. The summed E-state index contributed by atoms with van der Waals surface area (Å²) in [6.45, 7) is 9.19. The van der Waals surface area contributed by atoms with Crippen molar-refractivity contribution < 1.29 is 9.59 Å². The molecule has 1 aliphatic heterocycles. The number of fused-ring (bicyclic) bond motifs is 2. The van der Waals surface area contributed by atoms with Gasteiger partial charge in [-0.25, -0.2) is 0 Å². The Morgan fingerprint density at radius 3 is 2.53 bits per heavy atom. The lowest BCUT2D eigenvalue weighted by Crippen LogP contribution is -2.42. The average molecular weight is 256 g/mol. The van der Waals surface area contributed by atoms with Crippen LogP contribution in [-0.4, -0.2) is 22.7 Å². The molecule has 1 heterocycles. The molecule has 19 heavy (non-hydrogen) atoms. The predicted octanol–water partition coefficient (Wildman–Crippen LogP) is 3.20. The molecule has 1 N–H and O–H groups in total. The number of hydrogen-bond donors (Lipinski definition) is 1. The summed E-state index contributed by atoms with van der Waals surface area (Å²) in [7, 11) is 0. The number of nitrogens with zero attached hydrogens (tertiary/aromatic N) is 1. The highest BCUT2D eigenvalue weighted by Gasteiger charge is 2.34. The van der Waals surface area contributed by atoms with E-state index in [0.717, 1.165) is 36.2 Å². The number of quaternary nitrogens is 1. The van der Waals surface area contributed by atoms with Gasteiger partial charge in [0.2, 0.25) is 0 Å². The van der Waals surface area contributed by atoms with Gasteiger partial charge >= 0.3 is 0 Å². The van der Waals surface area contributed by atoms with E-state index in [2.05, 4.69) is 44.2 Å². The van der Waals surface area contributed by atoms with E-state index in [1.165, 1.54) is 21.9 Å². The first-order valence-electron chi connectivity index (χ1n) is 7.21. The molecule has 1 aliphatic rings. The van der Waals surface area contributed by atoms with Gasteiger partial charge in [0.15, 0.2) is 0 Å². The largest absolute Gasteiger partial charge is 0.392 e. The highest BCUT2D eigenvalue weighted by Crippen LogP contribution is 2.36. The minimum Gasteiger partial charge on any atom is -0.392 e. The molecule has 0 saturated carbocycles. The Balaban J connectivity index is 2.22. The van der Waals surface area contributed by atoms with Crippen LogP contribution in [0.5, 0.6) is 0 Å². The fourth-order valence-electron chi connectivity index (χ4n) is 3.47. The molecule has 2 nitrogen and oxygen atoms in total. The minimum atomic E-state index is 0.150. The lowest BCUT2D eigenvalue weighted by atomic mass is 9.96. The first-order valence-corrected chi connectivity index (χ1v) is 7.21. The van der Waals surface area contributed by atoms with Gasteiger partial charge in [0.1, 0.15) is 13.1 Å². The third-order valence-corrected chi connectivity index (χ3v) is 4.87. The predicted molar refractivity (Wildman–Crippen MR) is 78.6 cm³/mol. The Morgan fingerprint density at radius 1 is 1.11 bits per heavy atom. The summed E-state index contributed by atoms with van der Waals surface area (Å²) in [6, 6.07) is 10.7. The highest BCUT2D eigenvalue weighted by molar-refractivity contribution is 5.87. The van der Waals surface area contributed by atoms with E-state index in [1.54, 1.807) is 0 Å². The maximum absolute atomic E-state index is 9.81. The second-order valence-electron chi connectivity index (χ2n) is 5.66. The first kappa shape index (κ1) is 12.6. The summed E-state index contributed by atoms with van der Waals surface area (Å²) in [6.07, 6.45) is 0. The summed E-state index contributed by atoms with van der Waals surface area (Å²) < 4.78 is 1.12. The van der Waals surface area contributed by atoms with Crippen molar-refractivity contribution >= 4 is 10.8 Å². The topological polar surface area (TPSA) is 20.2 Å². The Hall–Kier alpha value is -1.38. The third kappa shape index (κ3) is 1.87. The maximum Gasteiger partial charge on any atom is 0.105 e. The summed E-state index contributed by atoms with van der Waals surface area (Å²) in [5.41, 5.74) is 3.98. The van der Waals surface area contributed by atoms with Gasteiger partial charge in [-0.15, -0.1) is 0 Å².